The van der Waals surface area contributed by atoms with Crippen molar-refractivity contribution in [3.63, 3.8) is 0 Å². The van der Waals surface area contributed by atoms with E-state index in [2.05, 4.69) is 10.4 Å². The molecule has 0 aliphatic heterocycles. The van der Waals surface area contributed by atoms with Gasteiger partial charge >= 0.3 is 5.69 Å². The minimum Gasteiger partial charge on any atom is -0.364 e. The zero-order chi connectivity index (χ0) is 15.2. The van der Waals surface area contributed by atoms with Crippen molar-refractivity contribution in [3.8, 4) is 0 Å². The standard InChI is InChI=1S/C14H18N4O2S/c1-3-17-14(13(18(19)20)11(2)16-17)15-9-10-21-12-7-5-4-6-8-12/h4-8,15H,3,9-10H2,1-2H3. The van der Waals surface area contributed by atoms with Crippen LogP contribution >= 0.6 is 11.8 Å². The van der Waals surface area contributed by atoms with Crippen molar-refractivity contribution in [1.82, 2.24) is 9.78 Å². The molecule has 1 N–H and O–H groups in total. The summed E-state index contributed by atoms with van der Waals surface area (Å²) in [5.41, 5.74) is 0.515. The van der Waals surface area contributed by atoms with Crippen LogP contribution in [-0.4, -0.2) is 27.0 Å². The Morgan fingerprint density at radius 3 is 2.71 bits per heavy atom. The number of nitrogens with one attached hydrogen (secondary N) is 1. The first-order chi connectivity index (χ1) is 10.1. The molecule has 0 aliphatic rings. The summed E-state index contributed by atoms with van der Waals surface area (Å²) >= 11 is 1.71. The van der Waals surface area contributed by atoms with Crippen molar-refractivity contribution >= 4 is 23.3 Å². The smallest absolute Gasteiger partial charge is 0.333 e. The Labute approximate surface area is 127 Å². The summed E-state index contributed by atoms with van der Waals surface area (Å²) in [6.45, 7) is 4.82. The summed E-state index contributed by atoms with van der Waals surface area (Å²) in [6, 6.07) is 10.1. The third kappa shape index (κ3) is 3.75. The van der Waals surface area contributed by atoms with Gasteiger partial charge in [-0.3, -0.25) is 10.1 Å². The minimum atomic E-state index is -0.374. The average molecular weight is 306 g/mol. The van der Waals surface area contributed by atoms with Gasteiger partial charge in [0.05, 0.1) is 4.92 Å². The molecule has 1 heterocycles. The highest BCUT2D eigenvalue weighted by Gasteiger charge is 2.24. The predicted octanol–water partition coefficient (Wildman–Crippen LogP) is 3.32. The number of rotatable bonds is 7. The van der Waals surface area contributed by atoms with Crippen molar-refractivity contribution < 1.29 is 4.92 Å². The van der Waals surface area contributed by atoms with E-state index in [0.29, 0.717) is 24.6 Å². The Morgan fingerprint density at radius 2 is 2.10 bits per heavy atom. The van der Waals surface area contributed by atoms with E-state index in [4.69, 9.17) is 0 Å². The topological polar surface area (TPSA) is 73.0 Å². The van der Waals surface area contributed by atoms with Gasteiger partial charge in [-0.1, -0.05) is 18.2 Å². The third-order valence-electron chi connectivity index (χ3n) is 2.98. The number of hydrogen-bond acceptors (Lipinski definition) is 5. The minimum absolute atomic E-state index is 0.0709. The Kier molecular flexibility index (Phi) is 5.21. The molecule has 0 saturated heterocycles. The summed E-state index contributed by atoms with van der Waals surface area (Å²) < 4.78 is 1.64. The molecule has 0 amide bonds. The fraction of sp³-hybridized carbons (Fsp3) is 0.357. The number of hydrogen-bond donors (Lipinski definition) is 1. The van der Waals surface area contributed by atoms with Gasteiger partial charge < -0.3 is 5.32 Å². The van der Waals surface area contributed by atoms with E-state index in [1.165, 1.54) is 4.90 Å². The molecule has 0 unspecified atom stereocenters. The van der Waals surface area contributed by atoms with E-state index in [1.807, 2.05) is 37.3 Å². The van der Waals surface area contributed by atoms with Crippen LogP contribution in [-0.2, 0) is 6.54 Å². The second kappa shape index (κ2) is 7.12. The van der Waals surface area contributed by atoms with E-state index in [9.17, 15) is 10.1 Å². The first kappa shape index (κ1) is 15.4. The molecule has 0 saturated carbocycles. The normalized spacial score (nSPS) is 10.6. The molecule has 21 heavy (non-hydrogen) atoms. The van der Waals surface area contributed by atoms with Gasteiger partial charge in [-0.15, -0.1) is 11.8 Å². The second-order valence-electron chi connectivity index (χ2n) is 4.44. The maximum atomic E-state index is 11.1. The van der Waals surface area contributed by atoms with Crippen LogP contribution in [0.25, 0.3) is 0 Å². The number of aryl methyl sites for hydroxylation is 2. The van der Waals surface area contributed by atoms with E-state index in [-0.39, 0.29) is 10.6 Å². The lowest BCUT2D eigenvalue weighted by Crippen LogP contribution is -2.11. The van der Waals surface area contributed by atoms with Crippen molar-refractivity contribution in [3.05, 3.63) is 46.1 Å². The maximum Gasteiger partial charge on any atom is 0.333 e. The molecule has 1 aromatic carbocycles. The van der Waals surface area contributed by atoms with E-state index in [1.54, 1.807) is 23.4 Å². The lowest BCUT2D eigenvalue weighted by atomic mass is 10.4. The Balaban J connectivity index is 1.98. The third-order valence-corrected chi connectivity index (χ3v) is 4.00. The van der Waals surface area contributed by atoms with Crippen LogP contribution in [0.5, 0.6) is 0 Å². The molecule has 2 rings (SSSR count). The Bertz CT molecular complexity index is 613. The van der Waals surface area contributed by atoms with Crippen molar-refractivity contribution in [2.24, 2.45) is 0 Å². The van der Waals surface area contributed by atoms with Gasteiger partial charge in [-0.25, -0.2) is 4.68 Å². The van der Waals surface area contributed by atoms with Crippen LogP contribution in [0.15, 0.2) is 35.2 Å². The maximum absolute atomic E-state index is 11.1. The number of benzene rings is 1. The molecule has 0 atom stereocenters. The van der Waals surface area contributed by atoms with Gasteiger partial charge in [0.15, 0.2) is 0 Å². The number of nitrogens with zero attached hydrogens (tertiary/aromatic N) is 3. The molecular weight excluding hydrogens is 288 g/mol. The second-order valence-corrected chi connectivity index (χ2v) is 5.61. The molecule has 0 aliphatic carbocycles. The lowest BCUT2D eigenvalue weighted by Gasteiger charge is -2.07. The molecule has 6 nitrogen and oxygen atoms in total. The van der Waals surface area contributed by atoms with Crippen molar-refractivity contribution in [2.75, 3.05) is 17.6 Å². The predicted molar refractivity (Wildman–Crippen MR) is 84.9 cm³/mol. The average Bonchev–Trinajstić information content (AvgIpc) is 2.80. The molecule has 7 heteroatoms. The summed E-state index contributed by atoms with van der Waals surface area (Å²) in [6.07, 6.45) is 0. The zero-order valence-corrected chi connectivity index (χ0v) is 12.9. The van der Waals surface area contributed by atoms with Crippen molar-refractivity contribution in [2.45, 2.75) is 25.3 Å². The van der Waals surface area contributed by atoms with Crippen molar-refractivity contribution in [1.29, 1.82) is 0 Å². The van der Waals surface area contributed by atoms with Gasteiger partial charge in [0, 0.05) is 23.7 Å². The molecule has 1 aromatic heterocycles. The van der Waals surface area contributed by atoms with E-state index in [0.717, 1.165) is 5.75 Å². The van der Waals surface area contributed by atoms with E-state index < -0.39 is 0 Å². The lowest BCUT2D eigenvalue weighted by molar-refractivity contribution is -0.384. The molecule has 0 radical (unpaired) electrons. The number of anilines is 1. The van der Waals surface area contributed by atoms with Gasteiger partial charge in [-0.05, 0) is 26.0 Å². The molecule has 112 valence electrons. The van der Waals surface area contributed by atoms with Crippen LogP contribution in [0.3, 0.4) is 0 Å². The van der Waals surface area contributed by atoms with Crippen LogP contribution in [0.4, 0.5) is 11.5 Å². The van der Waals surface area contributed by atoms with Crippen LogP contribution in [0.2, 0.25) is 0 Å². The van der Waals surface area contributed by atoms with E-state index >= 15 is 0 Å². The van der Waals surface area contributed by atoms with Crippen LogP contribution in [0.1, 0.15) is 12.6 Å². The monoisotopic (exact) mass is 306 g/mol. The molecule has 2 aromatic rings. The first-order valence-corrected chi connectivity index (χ1v) is 7.75. The molecule has 0 fully saturated rings. The number of aromatic nitrogens is 2. The summed E-state index contributed by atoms with van der Waals surface area (Å²) in [4.78, 5) is 11.9. The fourth-order valence-electron chi connectivity index (χ4n) is 2.05. The van der Waals surface area contributed by atoms with Gasteiger partial charge in [-0.2, -0.15) is 5.10 Å². The number of nitro groups is 1. The summed E-state index contributed by atoms with van der Waals surface area (Å²) in [5, 5.41) is 18.5. The van der Waals surface area contributed by atoms with Crippen LogP contribution in [0, 0.1) is 17.0 Å². The fourth-order valence-corrected chi connectivity index (χ4v) is 2.84. The van der Waals surface area contributed by atoms with Gasteiger partial charge in [0.1, 0.15) is 5.69 Å². The highest BCUT2D eigenvalue weighted by molar-refractivity contribution is 7.99. The quantitative estimate of drug-likeness (QED) is 0.367. The Hall–Kier alpha value is -2.02. The highest BCUT2D eigenvalue weighted by atomic mass is 32.2. The number of thioether (sulfide) groups is 1. The molecular formula is C14H18N4O2S. The van der Waals surface area contributed by atoms with Gasteiger partial charge in [0.2, 0.25) is 5.82 Å². The van der Waals surface area contributed by atoms with Gasteiger partial charge in [0.25, 0.3) is 0 Å². The summed E-state index contributed by atoms with van der Waals surface area (Å²) in [7, 11) is 0. The molecule has 0 bridgehead atoms. The summed E-state index contributed by atoms with van der Waals surface area (Å²) in [5.74, 6) is 1.32. The molecule has 0 spiro atoms. The Morgan fingerprint density at radius 1 is 1.38 bits per heavy atom. The first-order valence-electron chi connectivity index (χ1n) is 6.77. The SMILES string of the molecule is CCn1nc(C)c([N+](=O)[O-])c1NCCSc1ccccc1. The largest absolute Gasteiger partial charge is 0.364 e. The van der Waals surface area contributed by atoms with Crippen LogP contribution < -0.4 is 5.32 Å². The zero-order valence-electron chi connectivity index (χ0n) is 12.1. The highest BCUT2D eigenvalue weighted by Crippen LogP contribution is 2.28.